The molecule has 1 aromatic rings. The van der Waals surface area contributed by atoms with E-state index in [1.54, 1.807) is 12.1 Å². The molecule has 0 fully saturated rings. The quantitative estimate of drug-likeness (QED) is 0.539. The second kappa shape index (κ2) is 6.57. The van der Waals surface area contributed by atoms with Crippen LogP contribution in [0.25, 0.3) is 0 Å². The van der Waals surface area contributed by atoms with Crippen molar-refractivity contribution in [1.29, 1.82) is 0 Å². The maximum atomic E-state index is 12.6. The van der Waals surface area contributed by atoms with E-state index >= 15 is 0 Å². The number of unbranched alkanes of at least 4 members (excludes halogenated alkanes) is 1. The second-order valence-electron chi connectivity index (χ2n) is 3.49. The van der Waals surface area contributed by atoms with Gasteiger partial charge in [-0.1, -0.05) is 12.1 Å². The van der Waals surface area contributed by atoms with E-state index in [-0.39, 0.29) is 11.6 Å². The van der Waals surface area contributed by atoms with Gasteiger partial charge in [0.15, 0.2) is 0 Å². The van der Waals surface area contributed by atoms with Gasteiger partial charge in [-0.05, 0) is 30.5 Å². The molecule has 0 bridgehead atoms. The van der Waals surface area contributed by atoms with E-state index in [1.165, 1.54) is 12.1 Å². The summed E-state index contributed by atoms with van der Waals surface area (Å²) in [4.78, 5) is 11.4. The maximum Gasteiger partial charge on any atom is 0.137 e. The predicted octanol–water partition coefficient (Wildman–Crippen LogP) is 3.35. The third kappa shape index (κ3) is 4.93. The van der Waals surface area contributed by atoms with Gasteiger partial charge in [0.1, 0.15) is 11.6 Å². The Bertz CT molecular complexity index is 308. The van der Waals surface area contributed by atoms with Crippen molar-refractivity contribution < 1.29 is 9.18 Å². The Morgan fingerprint density at radius 1 is 1.20 bits per heavy atom. The Kier molecular flexibility index (Phi) is 5.33. The van der Waals surface area contributed by atoms with Gasteiger partial charge in [-0.15, -0.1) is 11.6 Å². The fourth-order valence-electron chi connectivity index (χ4n) is 1.33. The van der Waals surface area contributed by atoms with E-state index in [1.807, 2.05) is 0 Å². The largest absolute Gasteiger partial charge is 0.299 e. The molecule has 1 rings (SSSR count). The summed E-state index contributed by atoms with van der Waals surface area (Å²) >= 11 is 5.51. The van der Waals surface area contributed by atoms with E-state index in [0.717, 1.165) is 18.4 Å². The lowest BCUT2D eigenvalue weighted by Gasteiger charge is -2.00. The van der Waals surface area contributed by atoms with Crippen molar-refractivity contribution in [3.63, 3.8) is 0 Å². The average Bonchev–Trinajstić information content (AvgIpc) is 2.22. The molecule has 3 heteroatoms. The smallest absolute Gasteiger partial charge is 0.137 e. The first kappa shape index (κ1) is 12.2. The highest BCUT2D eigenvalue weighted by molar-refractivity contribution is 6.17. The molecule has 0 spiro atoms. The molecular formula is C12H14ClFO. The van der Waals surface area contributed by atoms with E-state index in [2.05, 4.69) is 0 Å². The standard InChI is InChI=1S/C12H14ClFO/c13-8-2-1-3-12(15)9-10-4-6-11(14)7-5-10/h4-7H,1-3,8-9H2. The molecule has 0 aliphatic heterocycles. The summed E-state index contributed by atoms with van der Waals surface area (Å²) in [6.45, 7) is 0. The fourth-order valence-corrected chi connectivity index (χ4v) is 1.52. The van der Waals surface area contributed by atoms with E-state index < -0.39 is 0 Å². The van der Waals surface area contributed by atoms with Crippen molar-refractivity contribution in [2.45, 2.75) is 25.7 Å². The summed E-state index contributed by atoms with van der Waals surface area (Å²) in [6, 6.07) is 6.05. The van der Waals surface area contributed by atoms with Crippen LogP contribution in [-0.2, 0) is 11.2 Å². The zero-order valence-corrected chi connectivity index (χ0v) is 9.27. The molecule has 1 aromatic carbocycles. The van der Waals surface area contributed by atoms with Crippen LogP contribution in [0.1, 0.15) is 24.8 Å². The molecule has 15 heavy (non-hydrogen) atoms. The molecule has 0 unspecified atom stereocenters. The number of rotatable bonds is 6. The Balaban J connectivity index is 2.34. The van der Waals surface area contributed by atoms with Crippen LogP contribution < -0.4 is 0 Å². The van der Waals surface area contributed by atoms with Crippen molar-refractivity contribution in [3.8, 4) is 0 Å². The number of halogens is 2. The highest BCUT2D eigenvalue weighted by Crippen LogP contribution is 2.07. The monoisotopic (exact) mass is 228 g/mol. The number of carbonyl (C=O) groups excluding carboxylic acids is 1. The van der Waals surface area contributed by atoms with Crippen molar-refractivity contribution in [1.82, 2.24) is 0 Å². The highest BCUT2D eigenvalue weighted by Gasteiger charge is 2.03. The summed E-state index contributed by atoms with van der Waals surface area (Å²) < 4.78 is 12.6. The molecule has 0 aliphatic rings. The van der Waals surface area contributed by atoms with Crippen molar-refractivity contribution in [2.24, 2.45) is 0 Å². The van der Waals surface area contributed by atoms with Gasteiger partial charge in [0.05, 0.1) is 0 Å². The molecule has 1 nitrogen and oxygen atoms in total. The first-order valence-corrected chi connectivity index (χ1v) is 5.58. The summed E-state index contributed by atoms with van der Waals surface area (Å²) in [7, 11) is 0. The van der Waals surface area contributed by atoms with Gasteiger partial charge < -0.3 is 0 Å². The molecule has 0 heterocycles. The van der Waals surface area contributed by atoms with Gasteiger partial charge in [0, 0.05) is 18.7 Å². The maximum absolute atomic E-state index is 12.6. The third-order valence-corrected chi connectivity index (χ3v) is 2.42. The van der Waals surface area contributed by atoms with Gasteiger partial charge >= 0.3 is 0 Å². The van der Waals surface area contributed by atoms with Crippen LogP contribution in [0.3, 0.4) is 0 Å². The van der Waals surface area contributed by atoms with E-state index in [4.69, 9.17) is 11.6 Å². The average molecular weight is 229 g/mol. The molecular weight excluding hydrogens is 215 g/mol. The van der Waals surface area contributed by atoms with E-state index in [9.17, 15) is 9.18 Å². The van der Waals surface area contributed by atoms with Crippen molar-refractivity contribution in [3.05, 3.63) is 35.6 Å². The van der Waals surface area contributed by atoms with E-state index in [0.29, 0.717) is 18.7 Å². The molecule has 0 N–H and O–H groups in total. The number of hydrogen-bond acceptors (Lipinski definition) is 1. The van der Waals surface area contributed by atoms with Crippen LogP contribution in [0.15, 0.2) is 24.3 Å². The summed E-state index contributed by atoms with van der Waals surface area (Å²) in [5.74, 6) is 0.518. The summed E-state index contributed by atoms with van der Waals surface area (Å²) in [6.07, 6.45) is 2.66. The van der Waals surface area contributed by atoms with Gasteiger partial charge in [-0.3, -0.25) is 4.79 Å². The molecule has 82 valence electrons. The van der Waals surface area contributed by atoms with Crippen LogP contribution in [0.5, 0.6) is 0 Å². The first-order valence-electron chi connectivity index (χ1n) is 5.04. The minimum absolute atomic E-state index is 0.187. The number of alkyl halides is 1. The Morgan fingerprint density at radius 3 is 2.47 bits per heavy atom. The van der Waals surface area contributed by atoms with Crippen LogP contribution >= 0.6 is 11.6 Å². The lowest BCUT2D eigenvalue weighted by Crippen LogP contribution is -2.02. The number of benzene rings is 1. The molecule has 0 aliphatic carbocycles. The normalized spacial score (nSPS) is 10.3. The lowest BCUT2D eigenvalue weighted by molar-refractivity contribution is -0.118. The Labute approximate surface area is 94.3 Å². The van der Waals surface area contributed by atoms with Crippen molar-refractivity contribution in [2.75, 3.05) is 5.88 Å². The minimum Gasteiger partial charge on any atom is -0.299 e. The number of Topliss-reactive ketones (excluding diaryl/α,β-unsaturated/α-hetero) is 1. The number of hydrogen-bond donors (Lipinski definition) is 0. The zero-order valence-electron chi connectivity index (χ0n) is 8.51. The van der Waals surface area contributed by atoms with Crippen molar-refractivity contribution >= 4 is 17.4 Å². The van der Waals surface area contributed by atoms with Crippen LogP contribution in [0, 0.1) is 5.82 Å². The Hall–Kier alpha value is -0.890. The minimum atomic E-state index is -0.270. The molecule has 0 saturated carbocycles. The topological polar surface area (TPSA) is 17.1 Å². The molecule has 0 radical (unpaired) electrons. The molecule has 0 atom stereocenters. The number of ketones is 1. The van der Waals surface area contributed by atoms with Crippen LogP contribution in [0.2, 0.25) is 0 Å². The third-order valence-electron chi connectivity index (χ3n) is 2.15. The molecule has 0 amide bonds. The second-order valence-corrected chi connectivity index (χ2v) is 3.87. The Morgan fingerprint density at radius 2 is 1.87 bits per heavy atom. The van der Waals surface area contributed by atoms with Gasteiger partial charge in [0.2, 0.25) is 0 Å². The predicted molar refractivity (Wildman–Crippen MR) is 59.7 cm³/mol. The number of carbonyl (C=O) groups is 1. The van der Waals surface area contributed by atoms with Crippen LogP contribution in [0.4, 0.5) is 4.39 Å². The molecule has 0 aromatic heterocycles. The van der Waals surface area contributed by atoms with Gasteiger partial charge in [0.25, 0.3) is 0 Å². The van der Waals surface area contributed by atoms with Crippen LogP contribution in [-0.4, -0.2) is 11.7 Å². The van der Waals surface area contributed by atoms with Gasteiger partial charge in [-0.25, -0.2) is 4.39 Å². The highest BCUT2D eigenvalue weighted by atomic mass is 35.5. The fraction of sp³-hybridized carbons (Fsp3) is 0.417. The summed E-state index contributed by atoms with van der Waals surface area (Å²) in [5.41, 5.74) is 0.868. The SMILES string of the molecule is O=C(CCCCCl)Cc1ccc(F)cc1. The zero-order chi connectivity index (χ0) is 11.1. The summed E-state index contributed by atoms with van der Waals surface area (Å²) in [5, 5.41) is 0. The molecule has 0 saturated heterocycles. The first-order chi connectivity index (χ1) is 7.22. The lowest BCUT2D eigenvalue weighted by atomic mass is 10.1. The van der Waals surface area contributed by atoms with Gasteiger partial charge in [-0.2, -0.15) is 0 Å².